The van der Waals surface area contributed by atoms with Crippen LogP contribution in [0.15, 0.2) is 54.7 Å². The lowest BCUT2D eigenvalue weighted by atomic mass is 9.84. The smallest absolute Gasteiger partial charge is 0.321 e. The van der Waals surface area contributed by atoms with E-state index in [4.69, 9.17) is 16.6 Å². The standard InChI is InChI=1S/C31H40F3N7O2/c1-31(2,3)27(41(15-13-22(35)17-32)30(43)40-14-7-10-26(40)29(42)38-36)28-37-25(23-16-21(33)11-12-24(23)34)19-39(28)18-20-8-5-4-6-9-20/h4-6,8-9,11-12,16,19,22,26-27H,7,10,13-15,17-18,35-36H2,1-3H3,(H,38,42)/t22-,26-,27-/m0/s1. The van der Waals surface area contributed by atoms with E-state index in [9.17, 15) is 22.8 Å². The Morgan fingerprint density at radius 3 is 2.53 bits per heavy atom. The molecule has 0 saturated carbocycles. The third-order valence-electron chi connectivity index (χ3n) is 7.71. The number of hydrogen-bond acceptors (Lipinski definition) is 5. The molecule has 0 radical (unpaired) electrons. The maximum Gasteiger partial charge on any atom is 0.321 e. The number of nitrogens with zero attached hydrogens (tertiary/aromatic N) is 4. The summed E-state index contributed by atoms with van der Waals surface area (Å²) in [6, 6.07) is 9.97. The molecule has 1 aliphatic rings. The lowest BCUT2D eigenvalue weighted by Crippen LogP contribution is -2.55. The molecule has 4 rings (SSSR count). The second-order valence-electron chi connectivity index (χ2n) is 12.0. The Kier molecular flexibility index (Phi) is 10.1. The molecule has 0 unspecified atom stereocenters. The maximum atomic E-state index is 15.0. The van der Waals surface area contributed by atoms with Gasteiger partial charge in [-0.3, -0.25) is 10.2 Å². The van der Waals surface area contributed by atoms with Crippen molar-refractivity contribution in [3.8, 4) is 11.3 Å². The summed E-state index contributed by atoms with van der Waals surface area (Å²) in [4.78, 5) is 34.8. The predicted molar refractivity (Wildman–Crippen MR) is 158 cm³/mol. The van der Waals surface area contributed by atoms with Crippen molar-refractivity contribution >= 4 is 11.9 Å². The Labute approximate surface area is 250 Å². The largest absolute Gasteiger partial charge is 0.328 e. The molecule has 1 aromatic heterocycles. The first kappa shape index (κ1) is 32.0. The number of hydrogen-bond donors (Lipinski definition) is 3. The highest BCUT2D eigenvalue weighted by atomic mass is 19.1. The molecule has 2 aromatic carbocycles. The zero-order valence-corrected chi connectivity index (χ0v) is 24.8. The van der Waals surface area contributed by atoms with Gasteiger partial charge in [0.15, 0.2) is 0 Å². The van der Waals surface area contributed by atoms with Crippen LogP contribution >= 0.6 is 0 Å². The molecule has 3 amide bonds. The Hall–Kier alpha value is -3.90. The second-order valence-corrected chi connectivity index (χ2v) is 12.0. The minimum absolute atomic E-state index is 0.0164. The zero-order chi connectivity index (χ0) is 31.3. The normalized spacial score (nSPS) is 16.7. The van der Waals surface area contributed by atoms with Crippen LogP contribution in [0, 0.1) is 17.0 Å². The van der Waals surface area contributed by atoms with Gasteiger partial charge in [0.2, 0.25) is 0 Å². The van der Waals surface area contributed by atoms with Crippen molar-refractivity contribution in [3.05, 3.63) is 77.8 Å². The number of nitrogens with two attached hydrogens (primary N) is 2. The molecule has 43 heavy (non-hydrogen) atoms. The summed E-state index contributed by atoms with van der Waals surface area (Å²) in [6.07, 6.45) is 2.85. The van der Waals surface area contributed by atoms with Crippen LogP contribution in [-0.4, -0.2) is 63.1 Å². The number of amides is 3. The minimum Gasteiger partial charge on any atom is -0.328 e. The van der Waals surface area contributed by atoms with Gasteiger partial charge >= 0.3 is 6.03 Å². The van der Waals surface area contributed by atoms with Gasteiger partial charge in [0, 0.05) is 37.4 Å². The van der Waals surface area contributed by atoms with E-state index in [1.54, 1.807) is 11.1 Å². The van der Waals surface area contributed by atoms with Gasteiger partial charge in [0.1, 0.15) is 30.2 Å². The van der Waals surface area contributed by atoms with Gasteiger partial charge in [-0.25, -0.2) is 28.8 Å². The Bertz CT molecular complexity index is 1410. The first-order valence-electron chi connectivity index (χ1n) is 14.4. The Morgan fingerprint density at radius 1 is 1.16 bits per heavy atom. The third-order valence-corrected chi connectivity index (χ3v) is 7.71. The molecule has 5 N–H and O–H groups in total. The van der Waals surface area contributed by atoms with E-state index < -0.39 is 53.8 Å². The predicted octanol–water partition coefficient (Wildman–Crippen LogP) is 4.53. The summed E-state index contributed by atoms with van der Waals surface area (Å²) in [7, 11) is 0. The van der Waals surface area contributed by atoms with Crippen LogP contribution in [0.2, 0.25) is 0 Å². The zero-order valence-electron chi connectivity index (χ0n) is 24.8. The number of carbonyl (C=O) groups excluding carboxylic acids is 2. The number of rotatable bonds is 10. The summed E-state index contributed by atoms with van der Waals surface area (Å²) >= 11 is 0. The van der Waals surface area contributed by atoms with Crippen LogP contribution in [0.3, 0.4) is 0 Å². The number of carbonyl (C=O) groups is 2. The van der Waals surface area contributed by atoms with E-state index in [-0.39, 0.29) is 24.2 Å². The molecule has 3 aromatic rings. The van der Waals surface area contributed by atoms with Crippen LogP contribution < -0.4 is 17.0 Å². The molecular weight excluding hydrogens is 559 g/mol. The van der Waals surface area contributed by atoms with Crippen molar-refractivity contribution in [2.75, 3.05) is 19.8 Å². The highest BCUT2D eigenvalue weighted by molar-refractivity contribution is 5.87. The number of hydrazine groups is 1. The third kappa shape index (κ3) is 7.37. The fraction of sp³-hybridized carbons (Fsp3) is 0.452. The summed E-state index contributed by atoms with van der Waals surface area (Å²) in [5, 5.41) is 0. The van der Waals surface area contributed by atoms with E-state index in [1.807, 2.05) is 55.7 Å². The highest BCUT2D eigenvalue weighted by Crippen LogP contribution is 2.40. The number of urea groups is 1. The van der Waals surface area contributed by atoms with Gasteiger partial charge in [0.25, 0.3) is 5.91 Å². The number of benzene rings is 2. The van der Waals surface area contributed by atoms with Gasteiger partial charge in [-0.1, -0.05) is 51.1 Å². The lowest BCUT2D eigenvalue weighted by Gasteiger charge is -2.42. The molecule has 9 nitrogen and oxygen atoms in total. The summed E-state index contributed by atoms with van der Waals surface area (Å²) < 4.78 is 44.5. The number of nitrogens with one attached hydrogen (secondary N) is 1. The monoisotopic (exact) mass is 599 g/mol. The van der Waals surface area contributed by atoms with Crippen LogP contribution in [-0.2, 0) is 11.3 Å². The summed E-state index contributed by atoms with van der Waals surface area (Å²) in [5.74, 6) is 4.12. The van der Waals surface area contributed by atoms with Crippen molar-refractivity contribution in [3.63, 3.8) is 0 Å². The number of alkyl halides is 1. The molecule has 1 fully saturated rings. The topological polar surface area (TPSA) is 123 Å². The Morgan fingerprint density at radius 2 is 1.88 bits per heavy atom. The first-order valence-corrected chi connectivity index (χ1v) is 14.4. The maximum absolute atomic E-state index is 15.0. The fourth-order valence-corrected chi connectivity index (χ4v) is 5.62. The van der Waals surface area contributed by atoms with Crippen molar-refractivity contribution < 1.29 is 22.8 Å². The van der Waals surface area contributed by atoms with Gasteiger partial charge in [-0.15, -0.1) is 0 Å². The average Bonchev–Trinajstić information content (AvgIpc) is 3.63. The molecule has 12 heteroatoms. The SMILES string of the molecule is CC(C)(C)[C@H](c1nc(-c2cc(F)ccc2F)cn1Cc1ccccc1)N(CC[C@H](N)CF)C(=O)N1CCC[C@H]1C(=O)NN. The van der Waals surface area contributed by atoms with Crippen molar-refractivity contribution in [2.24, 2.45) is 17.0 Å². The van der Waals surface area contributed by atoms with E-state index in [0.717, 1.165) is 23.8 Å². The van der Waals surface area contributed by atoms with E-state index >= 15 is 0 Å². The number of halogens is 3. The molecule has 3 atom stereocenters. The molecular formula is C31H40F3N7O2. The van der Waals surface area contributed by atoms with Gasteiger partial charge in [-0.2, -0.15) is 0 Å². The molecule has 232 valence electrons. The van der Waals surface area contributed by atoms with Crippen LogP contribution in [0.5, 0.6) is 0 Å². The van der Waals surface area contributed by atoms with E-state index in [2.05, 4.69) is 5.43 Å². The quantitative estimate of drug-likeness (QED) is 0.180. The highest BCUT2D eigenvalue weighted by Gasteiger charge is 2.43. The lowest BCUT2D eigenvalue weighted by molar-refractivity contribution is -0.125. The van der Waals surface area contributed by atoms with Gasteiger partial charge < -0.3 is 20.1 Å². The van der Waals surface area contributed by atoms with Crippen molar-refractivity contribution in [2.45, 2.75) is 64.7 Å². The number of likely N-dealkylation sites (tertiary alicyclic amines) is 1. The van der Waals surface area contributed by atoms with E-state index in [0.29, 0.717) is 31.8 Å². The van der Waals surface area contributed by atoms with Crippen LogP contribution in [0.25, 0.3) is 11.3 Å². The van der Waals surface area contributed by atoms with Gasteiger partial charge in [-0.05, 0) is 48.4 Å². The first-order chi connectivity index (χ1) is 20.4. The molecule has 1 saturated heterocycles. The summed E-state index contributed by atoms with van der Waals surface area (Å²) in [6.45, 7) is 5.77. The molecule has 2 heterocycles. The Balaban J connectivity index is 1.88. The minimum atomic E-state index is -0.807. The van der Waals surface area contributed by atoms with Gasteiger partial charge in [0.05, 0.1) is 11.7 Å². The van der Waals surface area contributed by atoms with Crippen molar-refractivity contribution in [1.82, 2.24) is 24.8 Å². The van der Waals surface area contributed by atoms with Crippen LogP contribution in [0.4, 0.5) is 18.0 Å². The van der Waals surface area contributed by atoms with Crippen LogP contribution in [0.1, 0.15) is 57.5 Å². The number of aromatic nitrogens is 2. The van der Waals surface area contributed by atoms with E-state index in [1.165, 1.54) is 4.90 Å². The fourth-order valence-electron chi connectivity index (χ4n) is 5.62. The average molecular weight is 600 g/mol. The summed E-state index contributed by atoms with van der Waals surface area (Å²) in [5.41, 5.74) is 8.56. The molecule has 0 aliphatic carbocycles. The molecule has 0 bridgehead atoms. The number of imidazole rings is 1. The molecule has 0 spiro atoms. The second kappa shape index (κ2) is 13.6. The van der Waals surface area contributed by atoms with Crippen molar-refractivity contribution in [1.29, 1.82) is 0 Å². The molecule has 1 aliphatic heterocycles.